The van der Waals surface area contributed by atoms with Gasteiger partial charge in [-0.3, -0.25) is 9.59 Å². The number of anilines is 3. The Morgan fingerprint density at radius 3 is 2.72 bits per heavy atom. The number of para-hydroxylation sites is 2. The summed E-state index contributed by atoms with van der Waals surface area (Å²) in [4.78, 5) is 34.5. The first-order chi connectivity index (χ1) is 15.5. The highest BCUT2D eigenvalue weighted by Crippen LogP contribution is 2.32. The zero-order valence-corrected chi connectivity index (χ0v) is 18.5. The molecule has 4 aromatic rings. The summed E-state index contributed by atoms with van der Waals surface area (Å²) in [6.07, 6.45) is 2.14. The minimum absolute atomic E-state index is 0.0935. The van der Waals surface area contributed by atoms with Crippen molar-refractivity contribution in [1.29, 1.82) is 0 Å². The van der Waals surface area contributed by atoms with Gasteiger partial charge >= 0.3 is 0 Å². The van der Waals surface area contributed by atoms with Gasteiger partial charge in [-0.05, 0) is 19.1 Å². The van der Waals surface area contributed by atoms with E-state index in [1.807, 2.05) is 79.7 Å². The number of imidazole rings is 1. The van der Waals surface area contributed by atoms with Crippen molar-refractivity contribution in [1.82, 2.24) is 14.6 Å². The molecule has 2 amide bonds. The van der Waals surface area contributed by atoms with E-state index in [2.05, 4.69) is 15.4 Å². The number of likely N-dealkylation sites (N-methyl/N-ethyl adjacent to an activating group) is 1. The Hall–Kier alpha value is -3.72. The maximum Gasteiger partial charge on any atom is 0.246 e. The molecule has 1 atom stereocenters. The first-order valence-electron chi connectivity index (χ1n) is 10.3. The zero-order chi connectivity index (χ0) is 22.2. The van der Waals surface area contributed by atoms with Gasteiger partial charge in [-0.25, -0.2) is 9.50 Å². The van der Waals surface area contributed by atoms with Crippen LogP contribution in [0.3, 0.4) is 0 Å². The summed E-state index contributed by atoms with van der Waals surface area (Å²) in [5.41, 5.74) is 3.26. The van der Waals surface area contributed by atoms with Gasteiger partial charge in [0.05, 0.1) is 29.8 Å². The molecule has 5 rings (SSSR count). The molecule has 0 saturated heterocycles. The molecule has 0 unspecified atom stereocenters. The van der Waals surface area contributed by atoms with Crippen LogP contribution in [-0.4, -0.2) is 46.0 Å². The van der Waals surface area contributed by atoms with Crippen LogP contribution in [0.25, 0.3) is 16.2 Å². The molecule has 1 N–H and O–H groups in total. The van der Waals surface area contributed by atoms with Crippen LogP contribution in [0.5, 0.6) is 0 Å². The number of rotatable bonds is 4. The van der Waals surface area contributed by atoms with Crippen molar-refractivity contribution in [2.75, 3.05) is 28.7 Å². The number of nitrogens with one attached hydrogen (secondary N) is 1. The van der Waals surface area contributed by atoms with Crippen LogP contribution in [0.1, 0.15) is 13.3 Å². The third kappa shape index (κ3) is 3.71. The second-order valence-electron chi connectivity index (χ2n) is 7.84. The molecular weight excluding hydrogens is 424 g/mol. The van der Waals surface area contributed by atoms with Crippen LogP contribution in [0, 0.1) is 0 Å². The number of benzene rings is 2. The van der Waals surface area contributed by atoms with E-state index in [0.717, 1.165) is 16.2 Å². The van der Waals surface area contributed by atoms with E-state index >= 15 is 0 Å². The number of hydrogen-bond donors (Lipinski definition) is 1. The Morgan fingerprint density at radius 2 is 1.94 bits per heavy atom. The quantitative estimate of drug-likeness (QED) is 0.517. The summed E-state index contributed by atoms with van der Waals surface area (Å²) in [6, 6.07) is 17.1. The van der Waals surface area contributed by atoms with E-state index in [4.69, 9.17) is 0 Å². The zero-order valence-electron chi connectivity index (χ0n) is 17.7. The molecule has 1 aliphatic heterocycles. The van der Waals surface area contributed by atoms with Crippen LogP contribution in [0.4, 0.5) is 16.5 Å². The van der Waals surface area contributed by atoms with Crippen molar-refractivity contribution >= 4 is 44.6 Å². The normalized spacial score (nSPS) is 15.9. The number of nitrogens with zero attached hydrogens (tertiary/aromatic N) is 5. The first-order valence-corrected chi connectivity index (χ1v) is 11.1. The fourth-order valence-corrected chi connectivity index (χ4v) is 4.75. The van der Waals surface area contributed by atoms with Gasteiger partial charge < -0.3 is 15.1 Å². The van der Waals surface area contributed by atoms with Crippen molar-refractivity contribution < 1.29 is 9.59 Å². The number of hydrogen-bond acceptors (Lipinski definition) is 6. The van der Waals surface area contributed by atoms with Gasteiger partial charge in [0, 0.05) is 25.1 Å². The molecule has 162 valence electrons. The lowest BCUT2D eigenvalue weighted by Gasteiger charge is -2.29. The Morgan fingerprint density at radius 1 is 1.19 bits per heavy atom. The van der Waals surface area contributed by atoms with Gasteiger partial charge in [-0.1, -0.05) is 53.8 Å². The lowest BCUT2D eigenvalue weighted by molar-refractivity contribution is -0.118. The molecule has 0 fully saturated rings. The lowest BCUT2D eigenvalue weighted by atomic mass is 10.1. The first kappa shape index (κ1) is 20.2. The molecule has 0 radical (unpaired) electrons. The van der Waals surface area contributed by atoms with Crippen molar-refractivity contribution in [3.05, 3.63) is 60.8 Å². The summed E-state index contributed by atoms with van der Waals surface area (Å²) >= 11 is 1.43. The molecule has 1 aliphatic rings. The molecule has 0 aliphatic carbocycles. The lowest BCUT2D eigenvalue weighted by Crippen LogP contribution is -2.44. The molecule has 3 heterocycles. The fraction of sp³-hybridized carbons (Fsp3) is 0.217. The minimum Gasteiger partial charge on any atom is -0.340 e. The molecule has 2 aromatic heterocycles. The van der Waals surface area contributed by atoms with Gasteiger partial charge in [-0.15, -0.1) is 5.10 Å². The van der Waals surface area contributed by atoms with Crippen LogP contribution < -0.4 is 15.1 Å². The monoisotopic (exact) mass is 446 g/mol. The highest BCUT2D eigenvalue weighted by atomic mass is 32.1. The summed E-state index contributed by atoms with van der Waals surface area (Å²) in [6.45, 7) is 2.03. The second kappa shape index (κ2) is 8.08. The highest BCUT2D eigenvalue weighted by molar-refractivity contribution is 7.20. The summed E-state index contributed by atoms with van der Waals surface area (Å²) in [5, 5.41) is 8.20. The number of carbonyl (C=O) groups excluding carboxylic acids is 2. The Balaban J connectivity index is 1.37. The smallest absolute Gasteiger partial charge is 0.246 e. The molecule has 0 spiro atoms. The Labute approximate surface area is 189 Å². The van der Waals surface area contributed by atoms with E-state index in [0.29, 0.717) is 16.5 Å². The van der Waals surface area contributed by atoms with Gasteiger partial charge in [-0.2, -0.15) is 0 Å². The van der Waals surface area contributed by atoms with Crippen molar-refractivity contribution in [3.8, 4) is 11.3 Å². The van der Waals surface area contributed by atoms with Gasteiger partial charge in [0.15, 0.2) is 0 Å². The Kier molecular flexibility index (Phi) is 5.10. The van der Waals surface area contributed by atoms with Crippen LogP contribution in [0.15, 0.2) is 60.8 Å². The highest BCUT2D eigenvalue weighted by Gasteiger charge is 2.30. The summed E-state index contributed by atoms with van der Waals surface area (Å²) in [7, 11) is 1.84. The topological polar surface area (TPSA) is 82.8 Å². The predicted octanol–water partition coefficient (Wildman–Crippen LogP) is 3.66. The third-order valence-electron chi connectivity index (χ3n) is 5.43. The molecule has 9 heteroatoms. The number of fused-ring (bicyclic) bond motifs is 2. The van der Waals surface area contributed by atoms with Gasteiger partial charge in [0.2, 0.25) is 21.9 Å². The molecular formula is C23H22N6O2S. The van der Waals surface area contributed by atoms with Crippen molar-refractivity contribution in [2.45, 2.75) is 19.4 Å². The van der Waals surface area contributed by atoms with Crippen molar-refractivity contribution in [3.63, 3.8) is 0 Å². The molecule has 8 nitrogen and oxygen atoms in total. The predicted molar refractivity (Wildman–Crippen MR) is 126 cm³/mol. The number of carbonyl (C=O) groups is 2. The average Bonchev–Trinajstić information content (AvgIpc) is 3.31. The second-order valence-corrected chi connectivity index (χ2v) is 8.78. The van der Waals surface area contributed by atoms with E-state index in [-0.39, 0.29) is 30.8 Å². The molecule has 32 heavy (non-hydrogen) atoms. The maximum absolute atomic E-state index is 13.3. The Bertz CT molecular complexity index is 1270. The van der Waals surface area contributed by atoms with Crippen LogP contribution in [0.2, 0.25) is 0 Å². The SMILES string of the molecule is C[C@H]1CC(=O)Nc2ccccc2N1C(=O)CN(C)c1nn2cc(-c3ccccc3)nc2s1. The average molecular weight is 447 g/mol. The summed E-state index contributed by atoms with van der Waals surface area (Å²) in [5.74, 6) is -0.189. The summed E-state index contributed by atoms with van der Waals surface area (Å²) < 4.78 is 1.75. The fourth-order valence-electron chi connectivity index (χ4n) is 3.91. The molecule has 0 saturated carbocycles. The number of amides is 2. The van der Waals surface area contributed by atoms with E-state index < -0.39 is 0 Å². The maximum atomic E-state index is 13.3. The van der Waals surface area contributed by atoms with E-state index in [9.17, 15) is 9.59 Å². The van der Waals surface area contributed by atoms with Crippen LogP contribution >= 0.6 is 11.3 Å². The van der Waals surface area contributed by atoms with Gasteiger partial charge in [0.25, 0.3) is 0 Å². The molecule has 0 bridgehead atoms. The van der Waals surface area contributed by atoms with Crippen molar-refractivity contribution in [2.24, 2.45) is 0 Å². The van der Waals surface area contributed by atoms with E-state index in [1.165, 1.54) is 11.3 Å². The minimum atomic E-state index is -0.249. The van der Waals surface area contributed by atoms with E-state index in [1.54, 1.807) is 9.42 Å². The largest absolute Gasteiger partial charge is 0.340 e. The number of aromatic nitrogens is 3. The van der Waals surface area contributed by atoms with Crippen LogP contribution in [-0.2, 0) is 9.59 Å². The third-order valence-corrected chi connectivity index (χ3v) is 6.47. The van der Waals surface area contributed by atoms with Gasteiger partial charge in [0.1, 0.15) is 0 Å². The standard InChI is InChI=1S/C23H22N6O2S/c1-15-12-20(30)24-17-10-6-7-11-19(17)29(15)21(31)14-27(2)23-26-28-13-18(25-22(28)32-23)16-8-4-3-5-9-16/h3-11,13,15H,12,14H2,1-2H3,(H,24,30)/t15-/m0/s1. The molecule has 2 aromatic carbocycles.